The molecule has 11 nitrogen and oxygen atoms in total. The predicted octanol–water partition coefficient (Wildman–Crippen LogP) is 2.67. The predicted molar refractivity (Wildman–Crippen MR) is 114 cm³/mol. The minimum Gasteiger partial charge on any atom is -0.326 e. The van der Waals surface area contributed by atoms with Crippen molar-refractivity contribution in [3.05, 3.63) is 63.7 Å². The normalized spacial score (nSPS) is 11.7. The van der Waals surface area contributed by atoms with Gasteiger partial charge in [-0.05, 0) is 38.1 Å². The lowest BCUT2D eigenvalue weighted by Crippen LogP contribution is -2.25. The fraction of sp³-hybridized carbons (Fsp3) is 0.300. The smallest absolute Gasteiger partial charge is 0.312 e. The number of carbonyl (C=O) groups excluding carboxylic acids is 2. The Morgan fingerprint density at radius 1 is 1.16 bits per heavy atom. The third-order valence-electron chi connectivity index (χ3n) is 4.75. The summed E-state index contributed by atoms with van der Waals surface area (Å²) >= 11 is 0. The molecule has 0 aliphatic heterocycles. The number of benzene rings is 1. The fourth-order valence-corrected chi connectivity index (χ4v) is 3.14. The van der Waals surface area contributed by atoms with E-state index in [1.54, 1.807) is 64.3 Å². The minimum absolute atomic E-state index is 0.0380. The van der Waals surface area contributed by atoms with Crippen LogP contribution in [0.25, 0.3) is 0 Å². The number of nitrogens with one attached hydrogen (secondary N) is 2. The maximum Gasteiger partial charge on any atom is 0.312 e. The van der Waals surface area contributed by atoms with Gasteiger partial charge in [0.1, 0.15) is 11.4 Å². The molecule has 2 aromatic heterocycles. The monoisotopic (exact) mass is 425 g/mol. The number of anilines is 2. The van der Waals surface area contributed by atoms with Crippen molar-refractivity contribution in [1.29, 1.82) is 0 Å². The van der Waals surface area contributed by atoms with Crippen LogP contribution < -0.4 is 10.6 Å². The van der Waals surface area contributed by atoms with E-state index in [9.17, 15) is 19.7 Å². The molecule has 0 saturated heterocycles. The summed E-state index contributed by atoms with van der Waals surface area (Å²) in [6.45, 7) is 5.08. The van der Waals surface area contributed by atoms with Crippen molar-refractivity contribution in [2.24, 2.45) is 13.0 Å². The van der Waals surface area contributed by atoms with Crippen molar-refractivity contribution in [3.8, 4) is 0 Å². The number of amides is 2. The number of aromatic nitrogens is 4. The van der Waals surface area contributed by atoms with Gasteiger partial charge in [-0.15, -0.1) is 0 Å². The number of nitrogens with zero attached hydrogens (tertiary/aromatic N) is 5. The number of carbonyl (C=O) groups is 2. The van der Waals surface area contributed by atoms with E-state index in [4.69, 9.17) is 0 Å². The second-order valence-corrected chi connectivity index (χ2v) is 7.26. The second-order valence-electron chi connectivity index (χ2n) is 7.26. The Hall–Kier alpha value is -4.02. The van der Waals surface area contributed by atoms with Gasteiger partial charge in [-0.3, -0.25) is 29.1 Å². The molecule has 0 saturated carbocycles. The standard InChI is InChI=1S/C20H23N7O4/c1-12(11-26-14(3)18(27(30)31)13(2)23-26)19(28)21-15-6-5-7-16(10-15)22-20(29)17-8-9-25(4)24-17/h5-10,12H,11H2,1-4H3,(H,21,28)(H,22,29). The molecule has 162 valence electrons. The number of aryl methyl sites for hydroxylation is 2. The first kappa shape index (κ1) is 21.7. The zero-order chi connectivity index (χ0) is 22.7. The first-order valence-electron chi connectivity index (χ1n) is 9.56. The van der Waals surface area contributed by atoms with Crippen LogP contribution in [-0.4, -0.2) is 36.3 Å². The SMILES string of the molecule is Cc1nn(CC(C)C(=O)Nc2cccc(NC(=O)c3ccn(C)n3)c2)c(C)c1[N+](=O)[O-]. The molecule has 2 amide bonds. The lowest BCUT2D eigenvalue weighted by molar-refractivity contribution is -0.386. The molecule has 0 radical (unpaired) electrons. The van der Waals surface area contributed by atoms with Crippen LogP contribution in [0.15, 0.2) is 36.5 Å². The Morgan fingerprint density at radius 2 is 1.84 bits per heavy atom. The van der Waals surface area contributed by atoms with E-state index in [1.807, 2.05) is 0 Å². The van der Waals surface area contributed by atoms with E-state index in [1.165, 1.54) is 9.36 Å². The number of rotatable bonds is 7. The van der Waals surface area contributed by atoms with Gasteiger partial charge in [0.05, 0.1) is 17.4 Å². The van der Waals surface area contributed by atoms with Gasteiger partial charge < -0.3 is 10.6 Å². The number of hydrogen-bond acceptors (Lipinski definition) is 6. The molecule has 1 atom stereocenters. The summed E-state index contributed by atoms with van der Waals surface area (Å²) in [5, 5.41) is 24.9. The summed E-state index contributed by atoms with van der Waals surface area (Å²) < 4.78 is 3.01. The third kappa shape index (κ3) is 4.94. The second kappa shape index (κ2) is 8.78. The van der Waals surface area contributed by atoms with Crippen LogP contribution in [0.3, 0.4) is 0 Å². The largest absolute Gasteiger partial charge is 0.326 e. The quantitative estimate of drug-likeness (QED) is 0.441. The van der Waals surface area contributed by atoms with Crippen LogP contribution in [-0.2, 0) is 18.4 Å². The van der Waals surface area contributed by atoms with Crippen molar-refractivity contribution >= 4 is 28.9 Å². The molecule has 1 unspecified atom stereocenters. The van der Waals surface area contributed by atoms with E-state index >= 15 is 0 Å². The maximum atomic E-state index is 12.6. The van der Waals surface area contributed by atoms with Gasteiger partial charge in [-0.25, -0.2) is 0 Å². The lowest BCUT2D eigenvalue weighted by atomic mass is 10.1. The van der Waals surface area contributed by atoms with Gasteiger partial charge in [0.25, 0.3) is 5.91 Å². The average Bonchev–Trinajstić information content (AvgIpc) is 3.25. The molecule has 2 N–H and O–H groups in total. The summed E-state index contributed by atoms with van der Waals surface area (Å²) in [5.41, 5.74) is 1.98. The highest BCUT2D eigenvalue weighted by molar-refractivity contribution is 6.03. The van der Waals surface area contributed by atoms with Crippen LogP contribution in [0.1, 0.15) is 28.8 Å². The summed E-state index contributed by atoms with van der Waals surface area (Å²) in [5.74, 6) is -1.13. The van der Waals surface area contributed by atoms with Crippen molar-refractivity contribution in [1.82, 2.24) is 19.6 Å². The Morgan fingerprint density at radius 3 is 2.42 bits per heavy atom. The molecule has 2 heterocycles. The fourth-order valence-electron chi connectivity index (χ4n) is 3.14. The van der Waals surface area contributed by atoms with Crippen LogP contribution >= 0.6 is 0 Å². The average molecular weight is 425 g/mol. The Balaban J connectivity index is 1.65. The highest BCUT2D eigenvalue weighted by Crippen LogP contribution is 2.23. The van der Waals surface area contributed by atoms with Gasteiger partial charge >= 0.3 is 5.69 Å². The molecule has 0 bridgehead atoms. The van der Waals surface area contributed by atoms with Crippen molar-refractivity contribution in [2.75, 3.05) is 10.6 Å². The van der Waals surface area contributed by atoms with Gasteiger partial charge in [0.2, 0.25) is 5.91 Å². The summed E-state index contributed by atoms with van der Waals surface area (Å²) in [7, 11) is 1.72. The Bertz CT molecular complexity index is 1150. The highest BCUT2D eigenvalue weighted by Gasteiger charge is 2.24. The summed E-state index contributed by atoms with van der Waals surface area (Å²) in [4.78, 5) is 35.6. The van der Waals surface area contributed by atoms with Crippen LogP contribution in [0, 0.1) is 29.9 Å². The van der Waals surface area contributed by atoms with Crippen LogP contribution in [0.5, 0.6) is 0 Å². The van der Waals surface area contributed by atoms with E-state index < -0.39 is 10.8 Å². The van der Waals surface area contributed by atoms with Crippen molar-refractivity contribution in [3.63, 3.8) is 0 Å². The Kier molecular flexibility index (Phi) is 6.14. The summed E-state index contributed by atoms with van der Waals surface area (Å²) in [6.07, 6.45) is 1.67. The van der Waals surface area contributed by atoms with E-state index in [-0.39, 0.29) is 29.7 Å². The first-order valence-corrected chi connectivity index (χ1v) is 9.56. The third-order valence-corrected chi connectivity index (χ3v) is 4.75. The molecule has 31 heavy (non-hydrogen) atoms. The molecule has 3 aromatic rings. The maximum absolute atomic E-state index is 12.6. The van der Waals surface area contributed by atoms with E-state index in [0.717, 1.165) is 0 Å². The molecule has 0 aliphatic carbocycles. The first-order chi connectivity index (χ1) is 14.7. The molecule has 0 spiro atoms. The zero-order valence-corrected chi connectivity index (χ0v) is 17.6. The molecule has 0 aliphatic rings. The molecular weight excluding hydrogens is 402 g/mol. The van der Waals surface area contributed by atoms with Gasteiger partial charge in [-0.1, -0.05) is 13.0 Å². The molecule has 0 fully saturated rings. The number of nitro groups is 1. The lowest BCUT2D eigenvalue weighted by Gasteiger charge is -2.14. The van der Waals surface area contributed by atoms with Crippen LogP contribution in [0.4, 0.5) is 17.1 Å². The van der Waals surface area contributed by atoms with Crippen molar-refractivity contribution in [2.45, 2.75) is 27.3 Å². The van der Waals surface area contributed by atoms with Crippen LogP contribution in [0.2, 0.25) is 0 Å². The minimum atomic E-state index is -0.496. The topological polar surface area (TPSA) is 137 Å². The molecule has 3 rings (SSSR count). The van der Waals surface area contributed by atoms with E-state index in [0.29, 0.717) is 22.8 Å². The molecule has 11 heteroatoms. The van der Waals surface area contributed by atoms with Gasteiger partial charge in [-0.2, -0.15) is 10.2 Å². The molecular formula is C20H23N7O4. The van der Waals surface area contributed by atoms with Gasteiger partial charge in [0, 0.05) is 24.6 Å². The number of hydrogen-bond donors (Lipinski definition) is 2. The van der Waals surface area contributed by atoms with Gasteiger partial charge in [0.15, 0.2) is 5.69 Å². The Labute approximate surface area is 178 Å². The summed E-state index contributed by atoms with van der Waals surface area (Å²) in [6, 6.07) is 8.36. The van der Waals surface area contributed by atoms with E-state index in [2.05, 4.69) is 20.8 Å². The highest BCUT2D eigenvalue weighted by atomic mass is 16.6. The molecule has 1 aromatic carbocycles. The van der Waals surface area contributed by atoms with Crippen molar-refractivity contribution < 1.29 is 14.5 Å². The zero-order valence-electron chi connectivity index (χ0n) is 17.6.